The summed E-state index contributed by atoms with van der Waals surface area (Å²) in [5, 5.41) is 11.6. The predicted molar refractivity (Wildman–Crippen MR) is 61.8 cm³/mol. The highest BCUT2D eigenvalue weighted by atomic mass is 16.5. The zero-order valence-corrected chi connectivity index (χ0v) is 9.77. The summed E-state index contributed by atoms with van der Waals surface area (Å²) in [6.07, 6.45) is 0. The summed E-state index contributed by atoms with van der Waals surface area (Å²) in [7, 11) is 0. The third kappa shape index (κ3) is 3.12. The fourth-order valence-electron chi connectivity index (χ4n) is 1.14. The minimum absolute atomic E-state index is 0.00579. The fraction of sp³-hybridized carbons (Fsp3) is 0.455. The maximum atomic E-state index is 8.64. The predicted octanol–water partition coefficient (Wildman–Crippen LogP) is 1.52. The van der Waals surface area contributed by atoms with E-state index in [4.69, 9.17) is 15.7 Å². The molecule has 1 heterocycles. The highest BCUT2D eigenvalue weighted by Gasteiger charge is 2.10. The Morgan fingerprint density at radius 1 is 1.56 bits per heavy atom. The summed E-state index contributed by atoms with van der Waals surface area (Å²) in [6.45, 7) is 6.48. The molecule has 0 aromatic carbocycles. The molecule has 5 heteroatoms. The van der Waals surface area contributed by atoms with Crippen molar-refractivity contribution in [1.82, 2.24) is 4.98 Å². The summed E-state index contributed by atoms with van der Waals surface area (Å²) in [6, 6.07) is 3.52. The second kappa shape index (κ2) is 5.34. The minimum atomic E-state index is 0.00579. The lowest BCUT2D eigenvalue weighted by molar-refractivity contribution is 0.260. The molecule has 0 aliphatic rings. The molecule has 1 rings (SSSR count). The largest absolute Gasteiger partial charge is 0.477 e. The second-order valence-electron chi connectivity index (χ2n) is 4.00. The first-order valence-electron chi connectivity index (χ1n) is 5.13. The van der Waals surface area contributed by atoms with E-state index >= 15 is 0 Å². The molecule has 0 fully saturated rings. The zero-order valence-electron chi connectivity index (χ0n) is 9.77. The molecular weight excluding hydrogens is 206 g/mol. The van der Waals surface area contributed by atoms with Crippen LogP contribution in [0.15, 0.2) is 17.3 Å². The number of pyridine rings is 1. The van der Waals surface area contributed by atoms with Crippen LogP contribution in [0.4, 0.5) is 0 Å². The van der Waals surface area contributed by atoms with Gasteiger partial charge >= 0.3 is 0 Å². The number of nitrogens with two attached hydrogens (primary N) is 1. The van der Waals surface area contributed by atoms with Gasteiger partial charge in [0, 0.05) is 5.69 Å². The van der Waals surface area contributed by atoms with Crippen LogP contribution in [-0.2, 0) is 0 Å². The van der Waals surface area contributed by atoms with Crippen LogP contribution in [0.25, 0.3) is 0 Å². The lowest BCUT2D eigenvalue weighted by atomic mass is 10.2. The van der Waals surface area contributed by atoms with Crippen molar-refractivity contribution in [2.75, 3.05) is 6.61 Å². The number of aryl methyl sites for hydroxylation is 1. The molecule has 16 heavy (non-hydrogen) atoms. The Bertz CT molecular complexity index is 389. The maximum absolute atomic E-state index is 8.64. The molecule has 0 atom stereocenters. The quantitative estimate of drug-likeness (QED) is 0.351. The molecule has 0 bridgehead atoms. The molecule has 1 aromatic rings. The first kappa shape index (κ1) is 12.3. The smallest absolute Gasteiger partial charge is 0.224 e. The molecule has 1 aromatic heterocycles. The van der Waals surface area contributed by atoms with Gasteiger partial charge in [0.1, 0.15) is 0 Å². The van der Waals surface area contributed by atoms with Crippen molar-refractivity contribution in [2.45, 2.75) is 20.8 Å². The Morgan fingerprint density at radius 3 is 2.81 bits per heavy atom. The van der Waals surface area contributed by atoms with Gasteiger partial charge in [0.25, 0.3) is 0 Å². The van der Waals surface area contributed by atoms with E-state index in [0.717, 1.165) is 5.69 Å². The summed E-state index contributed by atoms with van der Waals surface area (Å²) < 4.78 is 5.52. The van der Waals surface area contributed by atoms with Gasteiger partial charge < -0.3 is 15.7 Å². The topological polar surface area (TPSA) is 80.7 Å². The van der Waals surface area contributed by atoms with E-state index in [9.17, 15) is 0 Å². The van der Waals surface area contributed by atoms with E-state index in [0.29, 0.717) is 24.0 Å². The van der Waals surface area contributed by atoms with Crippen molar-refractivity contribution < 1.29 is 9.94 Å². The molecule has 0 spiro atoms. The van der Waals surface area contributed by atoms with Gasteiger partial charge in [-0.2, -0.15) is 0 Å². The third-order valence-corrected chi connectivity index (χ3v) is 1.94. The lowest BCUT2D eigenvalue weighted by Gasteiger charge is -2.11. The number of hydrogen-bond acceptors (Lipinski definition) is 4. The van der Waals surface area contributed by atoms with Crippen LogP contribution in [0.1, 0.15) is 25.1 Å². The van der Waals surface area contributed by atoms with Gasteiger partial charge in [-0.15, -0.1) is 0 Å². The molecule has 0 saturated heterocycles. The lowest BCUT2D eigenvalue weighted by Crippen LogP contribution is -2.17. The number of nitrogens with zero attached hydrogens (tertiary/aromatic N) is 2. The van der Waals surface area contributed by atoms with E-state index in [1.54, 1.807) is 12.1 Å². The van der Waals surface area contributed by atoms with E-state index in [1.807, 2.05) is 20.8 Å². The Labute approximate surface area is 94.9 Å². The molecular formula is C11H17N3O2. The van der Waals surface area contributed by atoms with Crippen LogP contribution in [0.3, 0.4) is 0 Å². The van der Waals surface area contributed by atoms with Crippen molar-refractivity contribution in [1.29, 1.82) is 0 Å². The van der Waals surface area contributed by atoms with Crippen LogP contribution < -0.4 is 10.5 Å². The van der Waals surface area contributed by atoms with Gasteiger partial charge in [-0.25, -0.2) is 4.98 Å². The second-order valence-corrected chi connectivity index (χ2v) is 4.00. The molecule has 0 aliphatic heterocycles. The van der Waals surface area contributed by atoms with Gasteiger partial charge in [-0.05, 0) is 25.0 Å². The van der Waals surface area contributed by atoms with Gasteiger partial charge in [0.05, 0.1) is 12.2 Å². The minimum Gasteiger partial charge on any atom is -0.477 e. The van der Waals surface area contributed by atoms with Crippen molar-refractivity contribution >= 4 is 5.84 Å². The molecule has 3 N–H and O–H groups in total. The number of hydrogen-bond donors (Lipinski definition) is 2. The molecule has 0 amide bonds. The third-order valence-electron chi connectivity index (χ3n) is 1.94. The van der Waals surface area contributed by atoms with Gasteiger partial charge in [-0.1, -0.05) is 19.0 Å². The van der Waals surface area contributed by atoms with Crippen LogP contribution in [0.2, 0.25) is 0 Å². The van der Waals surface area contributed by atoms with Crippen molar-refractivity contribution in [3.05, 3.63) is 23.4 Å². The first-order valence-corrected chi connectivity index (χ1v) is 5.13. The van der Waals surface area contributed by atoms with Crippen molar-refractivity contribution in [3.63, 3.8) is 0 Å². The Morgan fingerprint density at radius 2 is 2.25 bits per heavy atom. The molecule has 0 aliphatic carbocycles. The normalized spacial score (nSPS) is 11.9. The number of aromatic nitrogens is 1. The van der Waals surface area contributed by atoms with Crippen molar-refractivity contribution in [2.24, 2.45) is 16.8 Å². The number of oxime groups is 1. The fourth-order valence-corrected chi connectivity index (χ4v) is 1.14. The molecule has 0 radical (unpaired) electrons. The molecule has 88 valence electrons. The number of ether oxygens (including phenoxy) is 1. The van der Waals surface area contributed by atoms with E-state index in [1.165, 1.54) is 0 Å². The van der Waals surface area contributed by atoms with Gasteiger partial charge in [0.15, 0.2) is 5.84 Å². The van der Waals surface area contributed by atoms with Crippen LogP contribution >= 0.6 is 0 Å². The summed E-state index contributed by atoms with van der Waals surface area (Å²) >= 11 is 0. The summed E-state index contributed by atoms with van der Waals surface area (Å²) in [4.78, 5) is 4.22. The van der Waals surface area contributed by atoms with Crippen molar-refractivity contribution in [3.8, 4) is 5.88 Å². The first-order chi connectivity index (χ1) is 7.54. The Kier molecular flexibility index (Phi) is 4.10. The Hall–Kier alpha value is -1.78. The zero-order chi connectivity index (χ0) is 12.1. The monoisotopic (exact) mass is 223 g/mol. The number of rotatable bonds is 4. The standard InChI is InChI=1S/C11H17N3O2/c1-7(2)6-16-11-9(10(12)14-15)5-4-8(3)13-11/h4-5,7,15H,6H2,1-3H3,(H2,12,14). The molecule has 5 nitrogen and oxygen atoms in total. The SMILES string of the molecule is Cc1ccc(C(N)=NO)c(OCC(C)C)n1. The highest BCUT2D eigenvalue weighted by Crippen LogP contribution is 2.16. The van der Waals surface area contributed by atoms with Crippen LogP contribution in [0.5, 0.6) is 5.88 Å². The average Bonchev–Trinajstić information content (AvgIpc) is 2.25. The van der Waals surface area contributed by atoms with Gasteiger partial charge in [-0.3, -0.25) is 0 Å². The van der Waals surface area contributed by atoms with E-state index in [-0.39, 0.29) is 5.84 Å². The summed E-state index contributed by atoms with van der Waals surface area (Å²) in [5.41, 5.74) is 6.87. The molecule has 0 saturated carbocycles. The van der Waals surface area contributed by atoms with E-state index in [2.05, 4.69) is 10.1 Å². The maximum Gasteiger partial charge on any atom is 0.224 e. The summed E-state index contributed by atoms with van der Waals surface area (Å²) in [5.74, 6) is 0.803. The Balaban J connectivity index is 2.99. The number of amidine groups is 1. The van der Waals surface area contributed by atoms with Crippen LogP contribution in [0, 0.1) is 12.8 Å². The highest BCUT2D eigenvalue weighted by molar-refractivity contribution is 5.99. The van der Waals surface area contributed by atoms with Crippen LogP contribution in [-0.4, -0.2) is 22.6 Å². The molecule has 0 unspecified atom stereocenters. The average molecular weight is 223 g/mol. The van der Waals surface area contributed by atoms with E-state index < -0.39 is 0 Å². The van der Waals surface area contributed by atoms with Gasteiger partial charge in [0.2, 0.25) is 5.88 Å².